The number of ether oxygens (including phenoxy) is 3. The van der Waals surface area contributed by atoms with Crippen molar-refractivity contribution in [1.29, 1.82) is 0 Å². The molecule has 0 bridgehead atoms. The molecule has 0 rings (SSSR count). The predicted octanol–water partition coefficient (Wildman–Crippen LogP) is 4.44. The Kier molecular flexibility index (Phi) is 9.99. The van der Waals surface area contributed by atoms with E-state index < -0.39 is 37.3 Å². The minimum Gasteiger partial charge on any atom is -0.454 e. The topological polar surface area (TPSA) is 27.7 Å². The molecule has 0 radical (unpaired) electrons. The molecule has 0 fully saturated rings. The summed E-state index contributed by atoms with van der Waals surface area (Å²) in [7, 11) is 0. The van der Waals surface area contributed by atoms with Gasteiger partial charge in [0.1, 0.15) is 13.2 Å². The van der Waals surface area contributed by atoms with Crippen molar-refractivity contribution < 1.29 is 40.6 Å². The van der Waals surface area contributed by atoms with Crippen LogP contribution in [0.1, 0.15) is 0 Å². The van der Waals surface area contributed by atoms with Gasteiger partial charge in [0.25, 0.3) is 0 Å². The third kappa shape index (κ3) is 11.1. The highest BCUT2D eigenvalue weighted by Gasteiger charge is 2.08. The first-order valence-electron chi connectivity index (χ1n) is 5.07. The van der Waals surface area contributed by atoms with Crippen LogP contribution in [0.5, 0.6) is 0 Å². The summed E-state index contributed by atoms with van der Waals surface area (Å²) in [6, 6.07) is 0. The molecule has 0 heterocycles. The molecule has 3 nitrogen and oxygen atoms in total. The minimum absolute atomic E-state index is 0.0631. The summed E-state index contributed by atoms with van der Waals surface area (Å²) in [5, 5.41) is 0. The van der Waals surface area contributed by atoms with Crippen LogP contribution in [0.3, 0.4) is 0 Å². The zero-order valence-corrected chi connectivity index (χ0v) is 10.2. The molecule has 21 heavy (non-hydrogen) atoms. The summed E-state index contributed by atoms with van der Waals surface area (Å²) in [5.41, 5.74) is 2.49. The molecule has 0 aromatic rings. The van der Waals surface area contributed by atoms with Gasteiger partial charge in [-0.2, -0.15) is 17.6 Å². The lowest BCUT2D eigenvalue weighted by Crippen LogP contribution is -2.01. The zero-order chi connectivity index (χ0) is 16.1. The van der Waals surface area contributed by atoms with E-state index in [9.17, 15) is 26.3 Å². The molecule has 0 saturated carbocycles. The second-order valence-corrected chi connectivity index (χ2v) is 2.79. The maximum absolute atomic E-state index is 12.1. The molecule has 0 aromatic carbocycles. The molecule has 0 aliphatic carbocycles. The maximum Gasteiger partial charge on any atom is 0.341 e. The second kappa shape index (κ2) is 11.3. The van der Waals surface area contributed by atoms with Crippen molar-refractivity contribution in [3.8, 4) is 0 Å². The van der Waals surface area contributed by atoms with Crippen LogP contribution in [0.4, 0.5) is 26.3 Å². The SMILES string of the molecule is FC=CCOC(=C=C(F)F)OC(=C=C(F)F)OCC=CF. The van der Waals surface area contributed by atoms with Crippen molar-refractivity contribution >= 4 is 0 Å². The number of hydrogen-bond donors (Lipinski definition) is 0. The fraction of sp³-hybridized carbons (Fsp3) is 0.167. The van der Waals surface area contributed by atoms with Gasteiger partial charge in [-0.05, 0) is 12.2 Å². The van der Waals surface area contributed by atoms with Gasteiger partial charge in [-0.25, -0.2) is 8.78 Å². The predicted molar refractivity (Wildman–Crippen MR) is 59.0 cm³/mol. The van der Waals surface area contributed by atoms with Crippen LogP contribution in [0.15, 0.2) is 60.3 Å². The van der Waals surface area contributed by atoms with Gasteiger partial charge in [0.2, 0.25) is 0 Å². The van der Waals surface area contributed by atoms with Crippen LogP contribution in [0.2, 0.25) is 0 Å². The van der Waals surface area contributed by atoms with Crippen LogP contribution >= 0.6 is 0 Å². The lowest BCUT2D eigenvalue weighted by atomic mass is 10.6. The Morgan fingerprint density at radius 2 is 1.14 bits per heavy atom. The summed E-state index contributed by atoms with van der Waals surface area (Å²) in [4.78, 5) is 0. The van der Waals surface area contributed by atoms with Crippen LogP contribution in [0.25, 0.3) is 0 Å². The van der Waals surface area contributed by atoms with Crippen LogP contribution in [-0.4, -0.2) is 13.2 Å². The van der Waals surface area contributed by atoms with Crippen molar-refractivity contribution in [2.75, 3.05) is 13.2 Å². The van der Waals surface area contributed by atoms with Crippen LogP contribution in [0, 0.1) is 0 Å². The fourth-order valence-corrected chi connectivity index (χ4v) is 0.741. The Balaban J connectivity index is 5.14. The third-order valence-corrected chi connectivity index (χ3v) is 1.38. The van der Waals surface area contributed by atoms with Gasteiger partial charge < -0.3 is 14.2 Å². The lowest BCUT2D eigenvalue weighted by molar-refractivity contribution is 0.00829. The first-order chi connectivity index (χ1) is 9.99. The Bertz CT molecular complexity index is 457. The Labute approximate surface area is 115 Å². The highest BCUT2D eigenvalue weighted by Crippen LogP contribution is 2.11. The largest absolute Gasteiger partial charge is 0.454 e. The van der Waals surface area contributed by atoms with Gasteiger partial charge in [0, 0.05) is 11.5 Å². The number of rotatable bonds is 8. The second-order valence-electron chi connectivity index (χ2n) is 2.79. The van der Waals surface area contributed by atoms with Crippen LogP contribution in [-0.2, 0) is 14.2 Å². The smallest absolute Gasteiger partial charge is 0.341 e. The summed E-state index contributed by atoms with van der Waals surface area (Å²) < 4.78 is 85.0. The number of halogens is 6. The van der Waals surface area contributed by atoms with E-state index in [2.05, 4.69) is 14.2 Å². The Morgan fingerprint density at radius 1 is 0.762 bits per heavy atom. The quantitative estimate of drug-likeness (QED) is 0.376. The van der Waals surface area contributed by atoms with E-state index in [1.165, 1.54) is 11.5 Å². The van der Waals surface area contributed by atoms with E-state index in [4.69, 9.17) is 0 Å². The summed E-state index contributed by atoms with van der Waals surface area (Å²) >= 11 is 0. The first kappa shape index (κ1) is 18.5. The van der Waals surface area contributed by atoms with Crippen molar-refractivity contribution in [1.82, 2.24) is 0 Å². The molecule has 0 aliphatic heterocycles. The van der Waals surface area contributed by atoms with E-state index in [0.29, 0.717) is 0 Å². The molecule has 0 spiro atoms. The summed E-state index contributed by atoms with van der Waals surface area (Å²) in [5.74, 6) is -2.14. The Hall–Kier alpha value is -2.50. The van der Waals surface area contributed by atoms with Gasteiger partial charge in [-0.15, -0.1) is 0 Å². The molecule has 0 atom stereocenters. The summed E-state index contributed by atoms with van der Waals surface area (Å²) in [6.07, 6.45) is -3.09. The highest BCUT2D eigenvalue weighted by molar-refractivity contribution is 4.95. The molecule has 9 heteroatoms. The first-order valence-corrected chi connectivity index (χ1v) is 5.07. The van der Waals surface area contributed by atoms with Crippen molar-refractivity contribution in [2.45, 2.75) is 0 Å². The van der Waals surface area contributed by atoms with Gasteiger partial charge in [-0.3, -0.25) is 0 Å². The lowest BCUT2D eigenvalue weighted by Gasteiger charge is -2.09. The standard InChI is InChI=1S/C12H8F6O3/c13-3-1-5-19-11(7-9(15)16)21-12(8-10(17)18)20-6-2-4-14/h1-4H,5-6H2. The van der Waals surface area contributed by atoms with Gasteiger partial charge in [0.05, 0.1) is 12.7 Å². The highest BCUT2D eigenvalue weighted by atomic mass is 19.3. The molecule has 0 aliphatic rings. The summed E-state index contributed by atoms with van der Waals surface area (Å²) in [6.45, 7) is -1.07. The van der Waals surface area contributed by atoms with E-state index in [-0.39, 0.29) is 12.7 Å². The average molecular weight is 314 g/mol. The van der Waals surface area contributed by atoms with E-state index in [0.717, 1.165) is 12.2 Å². The molecule has 0 unspecified atom stereocenters. The van der Waals surface area contributed by atoms with Crippen LogP contribution < -0.4 is 0 Å². The van der Waals surface area contributed by atoms with Crippen molar-refractivity contribution in [3.63, 3.8) is 0 Å². The van der Waals surface area contributed by atoms with E-state index in [1.807, 2.05) is 0 Å². The van der Waals surface area contributed by atoms with Crippen molar-refractivity contribution in [2.24, 2.45) is 0 Å². The van der Waals surface area contributed by atoms with Crippen molar-refractivity contribution in [3.05, 3.63) is 60.3 Å². The van der Waals surface area contributed by atoms with E-state index in [1.54, 1.807) is 0 Å². The maximum atomic E-state index is 12.1. The van der Waals surface area contributed by atoms with Gasteiger partial charge >= 0.3 is 24.1 Å². The minimum atomic E-state index is -2.39. The third-order valence-electron chi connectivity index (χ3n) is 1.38. The zero-order valence-electron chi connectivity index (χ0n) is 10.2. The molecule has 116 valence electrons. The van der Waals surface area contributed by atoms with Gasteiger partial charge in [-0.1, -0.05) is 0 Å². The number of hydrogen-bond acceptors (Lipinski definition) is 3. The molecular formula is C12H8F6O3. The average Bonchev–Trinajstić information content (AvgIpc) is 2.37. The van der Waals surface area contributed by atoms with Gasteiger partial charge in [0.15, 0.2) is 0 Å². The molecule has 0 amide bonds. The molecular weight excluding hydrogens is 306 g/mol. The molecule has 0 N–H and O–H groups in total. The Morgan fingerprint density at radius 3 is 1.43 bits per heavy atom. The fourth-order valence-electron chi connectivity index (χ4n) is 0.741. The van der Waals surface area contributed by atoms with E-state index >= 15 is 0 Å². The monoisotopic (exact) mass is 314 g/mol. The molecule has 0 aromatic heterocycles. The normalized spacial score (nSPS) is 10.0. The molecule has 0 saturated heterocycles.